The van der Waals surface area contributed by atoms with Crippen molar-refractivity contribution in [1.29, 1.82) is 0 Å². The van der Waals surface area contributed by atoms with Crippen molar-refractivity contribution < 1.29 is 4.79 Å². The lowest BCUT2D eigenvalue weighted by Gasteiger charge is -2.19. The number of hydrogen-bond acceptors (Lipinski definition) is 2. The monoisotopic (exact) mass is 262 g/mol. The summed E-state index contributed by atoms with van der Waals surface area (Å²) in [5, 5.41) is 3.00. The first-order chi connectivity index (χ1) is 8.86. The van der Waals surface area contributed by atoms with Crippen molar-refractivity contribution in [3.63, 3.8) is 0 Å². The summed E-state index contributed by atoms with van der Waals surface area (Å²) < 4.78 is 0. The third-order valence-corrected chi connectivity index (χ3v) is 3.80. The minimum Gasteiger partial charge on any atom is -0.352 e. The smallest absolute Gasteiger partial charge is 0.224 e. The van der Waals surface area contributed by atoms with Crippen LogP contribution in [0.15, 0.2) is 12.1 Å². The zero-order valence-corrected chi connectivity index (χ0v) is 12.7. The van der Waals surface area contributed by atoms with E-state index in [0.717, 1.165) is 0 Å². The second-order valence-electron chi connectivity index (χ2n) is 5.67. The van der Waals surface area contributed by atoms with E-state index in [1.165, 1.54) is 22.3 Å². The molecular formula is C16H26N2O. The minimum absolute atomic E-state index is 0.0510. The van der Waals surface area contributed by atoms with Gasteiger partial charge in [0.2, 0.25) is 5.91 Å². The molecule has 0 aliphatic heterocycles. The first kappa shape index (κ1) is 15.7. The molecule has 0 radical (unpaired) electrons. The van der Waals surface area contributed by atoms with Crippen LogP contribution < -0.4 is 11.1 Å². The Bertz CT molecular complexity index is 452. The number of amides is 1. The van der Waals surface area contributed by atoms with Crippen molar-refractivity contribution in [2.45, 2.75) is 41.2 Å². The number of carbonyl (C=O) groups is 1. The molecule has 0 heterocycles. The molecule has 0 aliphatic carbocycles. The molecule has 0 fully saturated rings. The minimum atomic E-state index is -0.105. The Morgan fingerprint density at radius 1 is 1.16 bits per heavy atom. The van der Waals surface area contributed by atoms with Crippen LogP contribution in [0.4, 0.5) is 0 Å². The van der Waals surface area contributed by atoms with E-state index in [2.05, 4.69) is 38.2 Å². The molecule has 3 heteroatoms. The molecule has 0 bridgehead atoms. The second kappa shape index (κ2) is 6.71. The van der Waals surface area contributed by atoms with Crippen molar-refractivity contribution >= 4 is 5.91 Å². The van der Waals surface area contributed by atoms with Crippen LogP contribution in [-0.2, 0) is 11.3 Å². The fraction of sp³-hybridized carbons (Fsp3) is 0.562. The summed E-state index contributed by atoms with van der Waals surface area (Å²) in [6, 6.07) is 4.32. The standard InChI is InChI=1S/C16H26N2O/c1-10(2)15(8-17)16(19)18-9-14-7-12(4)11(3)6-13(14)5/h6-7,10,15H,8-9,17H2,1-5H3,(H,18,19). The molecule has 1 aromatic carbocycles. The highest BCUT2D eigenvalue weighted by Gasteiger charge is 2.20. The Morgan fingerprint density at radius 3 is 2.26 bits per heavy atom. The zero-order chi connectivity index (χ0) is 14.6. The molecule has 0 saturated heterocycles. The third kappa shape index (κ3) is 4.06. The Balaban J connectivity index is 2.72. The van der Waals surface area contributed by atoms with E-state index in [-0.39, 0.29) is 17.7 Å². The van der Waals surface area contributed by atoms with Gasteiger partial charge in [-0.3, -0.25) is 4.79 Å². The second-order valence-corrected chi connectivity index (χ2v) is 5.67. The summed E-state index contributed by atoms with van der Waals surface area (Å²) in [4.78, 5) is 12.1. The highest BCUT2D eigenvalue weighted by atomic mass is 16.1. The van der Waals surface area contributed by atoms with Crippen LogP contribution in [0.3, 0.4) is 0 Å². The van der Waals surface area contributed by atoms with E-state index in [9.17, 15) is 4.79 Å². The van der Waals surface area contributed by atoms with Gasteiger partial charge in [-0.1, -0.05) is 26.0 Å². The Kier molecular flexibility index (Phi) is 5.55. The van der Waals surface area contributed by atoms with Crippen LogP contribution in [0.25, 0.3) is 0 Å². The third-order valence-electron chi connectivity index (χ3n) is 3.80. The summed E-state index contributed by atoms with van der Waals surface area (Å²) in [6.45, 7) is 11.3. The summed E-state index contributed by atoms with van der Waals surface area (Å²) in [7, 11) is 0. The Morgan fingerprint density at radius 2 is 1.74 bits per heavy atom. The molecule has 0 saturated carbocycles. The van der Waals surface area contributed by atoms with Gasteiger partial charge in [-0.15, -0.1) is 0 Å². The summed E-state index contributed by atoms with van der Waals surface area (Å²) in [5.41, 5.74) is 10.6. The van der Waals surface area contributed by atoms with Crippen molar-refractivity contribution in [2.75, 3.05) is 6.54 Å². The number of hydrogen-bond donors (Lipinski definition) is 2. The molecule has 1 atom stereocenters. The molecule has 1 unspecified atom stereocenters. The average Bonchev–Trinajstić information content (AvgIpc) is 2.32. The van der Waals surface area contributed by atoms with Gasteiger partial charge in [0.05, 0.1) is 5.92 Å². The van der Waals surface area contributed by atoms with Gasteiger partial charge in [0, 0.05) is 13.1 Å². The van der Waals surface area contributed by atoms with Gasteiger partial charge in [-0.25, -0.2) is 0 Å². The molecule has 0 aromatic heterocycles. The van der Waals surface area contributed by atoms with E-state index in [1.54, 1.807) is 0 Å². The molecule has 1 aromatic rings. The Labute approximate surface area is 116 Å². The number of carbonyl (C=O) groups excluding carboxylic acids is 1. The molecular weight excluding hydrogens is 236 g/mol. The summed E-state index contributed by atoms with van der Waals surface area (Å²) in [6.07, 6.45) is 0. The van der Waals surface area contributed by atoms with Gasteiger partial charge in [0.1, 0.15) is 0 Å². The molecule has 3 nitrogen and oxygen atoms in total. The van der Waals surface area contributed by atoms with Crippen LogP contribution in [0.2, 0.25) is 0 Å². The van der Waals surface area contributed by atoms with Crippen LogP contribution in [0, 0.1) is 32.6 Å². The molecule has 106 valence electrons. The molecule has 1 amide bonds. The van der Waals surface area contributed by atoms with Crippen molar-refractivity contribution in [1.82, 2.24) is 5.32 Å². The molecule has 1 rings (SSSR count). The maximum atomic E-state index is 12.1. The van der Waals surface area contributed by atoms with Gasteiger partial charge >= 0.3 is 0 Å². The SMILES string of the molecule is Cc1cc(C)c(CNC(=O)C(CN)C(C)C)cc1C. The van der Waals surface area contributed by atoms with Gasteiger partial charge in [-0.05, 0) is 48.9 Å². The van der Waals surface area contributed by atoms with Crippen LogP contribution in [0.5, 0.6) is 0 Å². The zero-order valence-electron chi connectivity index (χ0n) is 12.7. The first-order valence-electron chi connectivity index (χ1n) is 6.91. The lowest BCUT2D eigenvalue weighted by Crippen LogP contribution is -2.37. The van der Waals surface area contributed by atoms with Crippen LogP contribution in [0.1, 0.15) is 36.1 Å². The van der Waals surface area contributed by atoms with Crippen LogP contribution in [-0.4, -0.2) is 12.5 Å². The maximum absolute atomic E-state index is 12.1. The summed E-state index contributed by atoms with van der Waals surface area (Å²) in [5.74, 6) is 0.216. The van der Waals surface area contributed by atoms with Gasteiger partial charge in [-0.2, -0.15) is 0 Å². The number of benzene rings is 1. The normalized spacial score (nSPS) is 12.6. The topological polar surface area (TPSA) is 55.1 Å². The van der Waals surface area contributed by atoms with Crippen molar-refractivity contribution in [3.05, 3.63) is 34.4 Å². The van der Waals surface area contributed by atoms with Gasteiger partial charge in [0.15, 0.2) is 0 Å². The highest BCUT2D eigenvalue weighted by Crippen LogP contribution is 2.16. The predicted octanol–water partition coefficient (Wildman–Crippen LogP) is 2.46. The summed E-state index contributed by atoms with van der Waals surface area (Å²) >= 11 is 0. The number of nitrogens with two attached hydrogens (primary N) is 1. The quantitative estimate of drug-likeness (QED) is 0.856. The van der Waals surface area contributed by atoms with Gasteiger partial charge in [0.25, 0.3) is 0 Å². The number of rotatable bonds is 5. The van der Waals surface area contributed by atoms with E-state index in [4.69, 9.17) is 5.73 Å². The van der Waals surface area contributed by atoms with E-state index >= 15 is 0 Å². The molecule has 0 aliphatic rings. The maximum Gasteiger partial charge on any atom is 0.224 e. The lowest BCUT2D eigenvalue weighted by atomic mass is 9.95. The Hall–Kier alpha value is -1.35. The fourth-order valence-corrected chi connectivity index (χ4v) is 2.21. The fourth-order valence-electron chi connectivity index (χ4n) is 2.21. The van der Waals surface area contributed by atoms with Gasteiger partial charge < -0.3 is 11.1 Å². The van der Waals surface area contributed by atoms with Crippen molar-refractivity contribution in [2.24, 2.45) is 17.6 Å². The van der Waals surface area contributed by atoms with E-state index < -0.39 is 0 Å². The molecule has 3 N–H and O–H groups in total. The molecule has 0 spiro atoms. The average molecular weight is 262 g/mol. The number of aryl methyl sites for hydroxylation is 3. The number of nitrogens with one attached hydrogen (secondary N) is 1. The van der Waals surface area contributed by atoms with Crippen molar-refractivity contribution in [3.8, 4) is 0 Å². The molecule has 19 heavy (non-hydrogen) atoms. The lowest BCUT2D eigenvalue weighted by molar-refractivity contribution is -0.126. The first-order valence-corrected chi connectivity index (χ1v) is 6.91. The predicted molar refractivity (Wildman–Crippen MR) is 79.9 cm³/mol. The van der Waals surface area contributed by atoms with Crippen LogP contribution >= 0.6 is 0 Å². The highest BCUT2D eigenvalue weighted by molar-refractivity contribution is 5.79. The van der Waals surface area contributed by atoms with E-state index in [0.29, 0.717) is 13.1 Å². The largest absolute Gasteiger partial charge is 0.352 e. The van der Waals surface area contributed by atoms with E-state index in [1.807, 2.05) is 13.8 Å².